The van der Waals surface area contributed by atoms with Crippen molar-refractivity contribution in [2.45, 2.75) is 37.8 Å². The Morgan fingerprint density at radius 2 is 2.00 bits per heavy atom. The fourth-order valence-corrected chi connectivity index (χ4v) is 2.16. The third kappa shape index (κ3) is 2.43. The summed E-state index contributed by atoms with van der Waals surface area (Å²) in [6.07, 6.45) is 7.50. The van der Waals surface area contributed by atoms with Crippen molar-refractivity contribution < 1.29 is 4.39 Å². The second kappa shape index (κ2) is 4.67. The predicted molar refractivity (Wildman–Crippen MR) is 63.6 cm³/mol. The summed E-state index contributed by atoms with van der Waals surface area (Å²) in [5.41, 5.74) is 1.23. The zero-order valence-corrected chi connectivity index (χ0v) is 9.41. The minimum Gasteiger partial charge on any atom is -0.301 e. The van der Waals surface area contributed by atoms with Crippen LogP contribution in [0.15, 0.2) is 24.3 Å². The molecule has 1 atom stereocenters. The first-order valence-electron chi connectivity index (χ1n) is 5.66. The summed E-state index contributed by atoms with van der Waals surface area (Å²) < 4.78 is 12.7. The number of hydrogen-bond acceptors (Lipinski definition) is 1. The second-order valence-electron chi connectivity index (χ2n) is 4.47. The van der Waals surface area contributed by atoms with Crippen molar-refractivity contribution in [2.24, 2.45) is 0 Å². The molecular formula is C14H16FN. The topological polar surface area (TPSA) is 12.0 Å². The highest BCUT2D eigenvalue weighted by atomic mass is 19.1. The first-order valence-corrected chi connectivity index (χ1v) is 5.66. The lowest BCUT2D eigenvalue weighted by molar-refractivity contribution is 0.284. The summed E-state index contributed by atoms with van der Waals surface area (Å²) in [6, 6.07) is 7.46. The van der Waals surface area contributed by atoms with Crippen molar-refractivity contribution in [1.29, 1.82) is 0 Å². The Morgan fingerprint density at radius 1 is 1.38 bits per heavy atom. The summed E-state index contributed by atoms with van der Waals surface area (Å²) in [7, 11) is 0. The Labute approximate surface area is 96.1 Å². The average Bonchev–Trinajstić information content (AvgIpc) is 2.24. The Balaban J connectivity index is 1.84. The number of benzene rings is 1. The number of terminal acetylenes is 1. The van der Waals surface area contributed by atoms with Gasteiger partial charge in [0.05, 0.1) is 6.04 Å². The van der Waals surface area contributed by atoms with Crippen LogP contribution in [0.25, 0.3) is 0 Å². The fourth-order valence-electron chi connectivity index (χ4n) is 2.16. The molecule has 0 aromatic heterocycles. The molecule has 1 aliphatic rings. The maximum atomic E-state index is 12.7. The van der Waals surface area contributed by atoms with E-state index in [1.165, 1.54) is 17.7 Å². The van der Waals surface area contributed by atoms with Crippen LogP contribution in [0.1, 0.15) is 31.2 Å². The maximum absolute atomic E-state index is 12.7. The van der Waals surface area contributed by atoms with Gasteiger partial charge in [-0.3, -0.25) is 0 Å². The molecule has 0 radical (unpaired) electrons. The molecule has 2 rings (SSSR count). The third-order valence-corrected chi connectivity index (χ3v) is 3.22. The zero-order valence-electron chi connectivity index (χ0n) is 9.41. The summed E-state index contributed by atoms with van der Waals surface area (Å²) in [4.78, 5) is 0. The number of nitrogens with one attached hydrogen (secondary N) is 1. The van der Waals surface area contributed by atoms with Crippen LogP contribution in [0.3, 0.4) is 0 Å². The van der Waals surface area contributed by atoms with Gasteiger partial charge >= 0.3 is 0 Å². The standard InChI is InChI=1S/C14H16FN/c1-3-10(2)16-14-8-12(9-14)11-4-6-13(15)7-5-11/h1,4-7,10,12,14,16H,8-9H2,2H3. The summed E-state index contributed by atoms with van der Waals surface area (Å²) in [5.74, 6) is 3.06. The second-order valence-corrected chi connectivity index (χ2v) is 4.47. The lowest BCUT2D eigenvalue weighted by Crippen LogP contribution is -2.43. The van der Waals surface area contributed by atoms with Crippen LogP contribution >= 0.6 is 0 Å². The van der Waals surface area contributed by atoms with Crippen molar-refractivity contribution in [2.75, 3.05) is 0 Å². The molecule has 0 aliphatic heterocycles. The molecule has 0 bridgehead atoms. The fraction of sp³-hybridized carbons (Fsp3) is 0.429. The van der Waals surface area contributed by atoms with Crippen molar-refractivity contribution in [3.05, 3.63) is 35.6 Å². The molecular weight excluding hydrogens is 201 g/mol. The van der Waals surface area contributed by atoms with Crippen LogP contribution in [-0.4, -0.2) is 12.1 Å². The van der Waals surface area contributed by atoms with Crippen LogP contribution in [-0.2, 0) is 0 Å². The van der Waals surface area contributed by atoms with E-state index < -0.39 is 0 Å². The van der Waals surface area contributed by atoms with Crippen LogP contribution < -0.4 is 5.32 Å². The Hall–Kier alpha value is -1.33. The van der Waals surface area contributed by atoms with Crippen molar-refractivity contribution in [3.8, 4) is 12.3 Å². The van der Waals surface area contributed by atoms with Gasteiger partial charge in [-0.15, -0.1) is 6.42 Å². The molecule has 1 aromatic rings. The number of halogens is 1. The first kappa shape index (κ1) is 11.2. The minimum atomic E-state index is -0.168. The molecule has 84 valence electrons. The Kier molecular flexibility index (Phi) is 3.26. The molecule has 1 nitrogen and oxygen atoms in total. The SMILES string of the molecule is C#CC(C)NC1CC(c2ccc(F)cc2)C1. The van der Waals surface area contributed by atoms with Gasteiger partial charge < -0.3 is 5.32 Å². The molecule has 2 heteroatoms. The van der Waals surface area contributed by atoms with Gasteiger partial charge in [-0.25, -0.2) is 4.39 Å². The molecule has 16 heavy (non-hydrogen) atoms. The normalized spacial score (nSPS) is 25.6. The van der Waals surface area contributed by atoms with Crippen molar-refractivity contribution in [3.63, 3.8) is 0 Å². The molecule has 0 spiro atoms. The summed E-state index contributed by atoms with van der Waals surface area (Å²) >= 11 is 0. The van der Waals surface area contributed by atoms with E-state index in [1.807, 2.05) is 19.1 Å². The maximum Gasteiger partial charge on any atom is 0.123 e. The monoisotopic (exact) mass is 217 g/mol. The first-order chi connectivity index (χ1) is 7.69. The lowest BCUT2D eigenvalue weighted by Gasteiger charge is -2.37. The predicted octanol–water partition coefficient (Wildman–Crippen LogP) is 2.68. The van der Waals surface area contributed by atoms with Gasteiger partial charge in [0.25, 0.3) is 0 Å². The number of rotatable bonds is 3. The van der Waals surface area contributed by atoms with E-state index in [1.54, 1.807) is 0 Å². The van der Waals surface area contributed by atoms with E-state index in [0.29, 0.717) is 12.0 Å². The smallest absolute Gasteiger partial charge is 0.123 e. The molecule has 0 amide bonds. The average molecular weight is 217 g/mol. The van der Waals surface area contributed by atoms with E-state index in [2.05, 4.69) is 11.2 Å². The van der Waals surface area contributed by atoms with Crippen LogP contribution in [0.4, 0.5) is 4.39 Å². The van der Waals surface area contributed by atoms with E-state index >= 15 is 0 Å². The molecule has 0 heterocycles. The van der Waals surface area contributed by atoms with Crippen molar-refractivity contribution >= 4 is 0 Å². The van der Waals surface area contributed by atoms with Gasteiger partial charge in [0.1, 0.15) is 5.82 Å². The molecule has 1 fully saturated rings. The van der Waals surface area contributed by atoms with Gasteiger partial charge in [0, 0.05) is 6.04 Å². The third-order valence-electron chi connectivity index (χ3n) is 3.22. The highest BCUT2D eigenvalue weighted by Crippen LogP contribution is 2.36. The quantitative estimate of drug-likeness (QED) is 0.768. The van der Waals surface area contributed by atoms with Gasteiger partial charge in [0.15, 0.2) is 0 Å². The molecule has 1 aromatic carbocycles. The summed E-state index contributed by atoms with van der Waals surface area (Å²) in [6.45, 7) is 1.99. The molecule has 0 saturated heterocycles. The molecule has 1 unspecified atom stereocenters. The highest BCUT2D eigenvalue weighted by molar-refractivity contribution is 5.23. The van der Waals surface area contributed by atoms with Gasteiger partial charge in [-0.05, 0) is 43.4 Å². The van der Waals surface area contributed by atoms with E-state index in [9.17, 15) is 4.39 Å². The van der Waals surface area contributed by atoms with E-state index in [-0.39, 0.29) is 11.9 Å². The van der Waals surface area contributed by atoms with Crippen LogP contribution in [0.2, 0.25) is 0 Å². The minimum absolute atomic E-state index is 0.138. The molecule has 1 saturated carbocycles. The largest absolute Gasteiger partial charge is 0.301 e. The molecule has 1 N–H and O–H groups in total. The Morgan fingerprint density at radius 3 is 2.56 bits per heavy atom. The van der Waals surface area contributed by atoms with E-state index in [0.717, 1.165) is 12.8 Å². The van der Waals surface area contributed by atoms with Crippen molar-refractivity contribution in [1.82, 2.24) is 5.32 Å². The highest BCUT2D eigenvalue weighted by Gasteiger charge is 2.30. The van der Waals surface area contributed by atoms with Crippen LogP contribution in [0, 0.1) is 18.2 Å². The summed E-state index contributed by atoms with van der Waals surface area (Å²) in [5, 5.41) is 3.37. The Bertz CT molecular complexity index is 384. The molecule has 1 aliphatic carbocycles. The van der Waals surface area contributed by atoms with Crippen LogP contribution in [0.5, 0.6) is 0 Å². The zero-order chi connectivity index (χ0) is 11.5. The lowest BCUT2D eigenvalue weighted by atomic mass is 9.75. The van der Waals surface area contributed by atoms with Gasteiger partial charge in [-0.1, -0.05) is 18.1 Å². The van der Waals surface area contributed by atoms with Gasteiger partial charge in [0.2, 0.25) is 0 Å². The van der Waals surface area contributed by atoms with Gasteiger partial charge in [-0.2, -0.15) is 0 Å². The number of hydrogen-bond donors (Lipinski definition) is 1. The van der Waals surface area contributed by atoms with E-state index in [4.69, 9.17) is 6.42 Å².